The summed E-state index contributed by atoms with van der Waals surface area (Å²) in [6.07, 6.45) is 0.489. The Morgan fingerprint density at radius 3 is 2.55 bits per heavy atom. The topological polar surface area (TPSA) is 82.2 Å². The van der Waals surface area contributed by atoms with Crippen LogP contribution in [0.3, 0.4) is 0 Å². The number of urea groups is 1. The van der Waals surface area contributed by atoms with Gasteiger partial charge in [-0.15, -0.1) is 0 Å². The standard InChI is InChI=1S/C25H36N4O4/c1-7-21(30)29-12-11-28(14-18(29)5)15-20-22(24(31)33-8-2)23(26-25(32)27(20)6)19-13-16(3)9-10-17(19)4/h9-10,13,18,23H,7-8,11-12,14-15H2,1-6H3,(H,26,32)/t18-,23-/m0/s1. The Kier molecular flexibility index (Phi) is 7.79. The molecule has 8 heteroatoms. The third-order valence-corrected chi connectivity index (χ3v) is 6.53. The summed E-state index contributed by atoms with van der Waals surface area (Å²) in [5.74, 6) is -0.268. The summed E-state index contributed by atoms with van der Waals surface area (Å²) in [5.41, 5.74) is 4.05. The molecule has 2 aliphatic heterocycles. The molecule has 1 aromatic carbocycles. The molecule has 1 saturated heterocycles. The van der Waals surface area contributed by atoms with E-state index in [9.17, 15) is 14.4 Å². The number of carbonyl (C=O) groups is 3. The highest BCUT2D eigenvalue weighted by Crippen LogP contribution is 2.33. The van der Waals surface area contributed by atoms with E-state index in [0.29, 0.717) is 43.9 Å². The summed E-state index contributed by atoms with van der Waals surface area (Å²) >= 11 is 0. The number of nitrogens with zero attached hydrogens (tertiary/aromatic N) is 3. The lowest BCUT2D eigenvalue weighted by molar-refractivity contribution is -0.139. The van der Waals surface area contributed by atoms with Crippen LogP contribution in [0.5, 0.6) is 0 Å². The molecular formula is C25H36N4O4. The molecule has 3 amide bonds. The van der Waals surface area contributed by atoms with E-state index in [1.807, 2.05) is 50.8 Å². The second-order valence-corrected chi connectivity index (χ2v) is 8.91. The van der Waals surface area contributed by atoms with Crippen molar-refractivity contribution in [2.45, 2.75) is 53.1 Å². The van der Waals surface area contributed by atoms with E-state index in [1.165, 1.54) is 4.90 Å². The fourth-order valence-corrected chi connectivity index (χ4v) is 4.66. The molecule has 0 spiro atoms. The molecule has 1 fully saturated rings. The van der Waals surface area contributed by atoms with Gasteiger partial charge in [-0.1, -0.05) is 30.7 Å². The van der Waals surface area contributed by atoms with Crippen LogP contribution in [-0.4, -0.2) is 78.5 Å². The zero-order chi connectivity index (χ0) is 24.3. The average Bonchev–Trinajstić information content (AvgIpc) is 2.78. The summed E-state index contributed by atoms with van der Waals surface area (Å²) in [4.78, 5) is 44.0. The number of likely N-dealkylation sites (N-methyl/N-ethyl adjacent to an activating group) is 1. The maximum absolute atomic E-state index is 13.2. The smallest absolute Gasteiger partial charge is 0.338 e. The molecule has 0 aromatic heterocycles. The van der Waals surface area contributed by atoms with Crippen molar-refractivity contribution in [3.8, 4) is 0 Å². The first-order chi connectivity index (χ1) is 15.7. The van der Waals surface area contributed by atoms with E-state index < -0.39 is 12.0 Å². The molecule has 1 aromatic rings. The van der Waals surface area contributed by atoms with Crippen LogP contribution < -0.4 is 5.32 Å². The largest absolute Gasteiger partial charge is 0.463 e. The number of nitrogens with one attached hydrogen (secondary N) is 1. The maximum Gasteiger partial charge on any atom is 0.338 e. The number of ether oxygens (including phenoxy) is 1. The number of aryl methyl sites for hydroxylation is 2. The van der Waals surface area contributed by atoms with E-state index in [2.05, 4.69) is 10.2 Å². The number of piperazine rings is 1. The van der Waals surface area contributed by atoms with Crippen molar-refractivity contribution in [1.29, 1.82) is 0 Å². The molecule has 1 N–H and O–H groups in total. The van der Waals surface area contributed by atoms with Gasteiger partial charge >= 0.3 is 12.0 Å². The number of hydrogen-bond acceptors (Lipinski definition) is 5. The summed E-state index contributed by atoms with van der Waals surface area (Å²) < 4.78 is 5.44. The Bertz CT molecular complexity index is 958. The van der Waals surface area contributed by atoms with Crippen LogP contribution in [0.2, 0.25) is 0 Å². The molecule has 2 heterocycles. The SMILES string of the molecule is CCOC(=O)C1=C(CN2CCN(C(=O)CC)[C@@H](C)C2)N(C)C(=O)N[C@H]1c1cc(C)ccc1C. The highest BCUT2D eigenvalue weighted by atomic mass is 16.5. The fraction of sp³-hybridized carbons (Fsp3) is 0.560. The lowest BCUT2D eigenvalue weighted by atomic mass is 9.90. The van der Waals surface area contributed by atoms with Gasteiger partial charge in [0.1, 0.15) is 0 Å². The van der Waals surface area contributed by atoms with Gasteiger partial charge in [-0.3, -0.25) is 14.6 Å². The van der Waals surface area contributed by atoms with Crippen LogP contribution in [0.15, 0.2) is 29.5 Å². The average molecular weight is 457 g/mol. The molecule has 2 atom stereocenters. The number of amides is 3. The van der Waals surface area contributed by atoms with Crippen LogP contribution in [0.4, 0.5) is 4.79 Å². The third-order valence-electron chi connectivity index (χ3n) is 6.53. The summed E-state index contributed by atoms with van der Waals surface area (Å²) in [5, 5.41) is 3.00. The fourth-order valence-electron chi connectivity index (χ4n) is 4.66. The lowest BCUT2D eigenvalue weighted by Crippen LogP contribution is -2.56. The van der Waals surface area contributed by atoms with Gasteiger partial charge in [0.15, 0.2) is 0 Å². The van der Waals surface area contributed by atoms with Gasteiger partial charge in [-0.25, -0.2) is 9.59 Å². The van der Waals surface area contributed by atoms with Gasteiger partial charge in [-0.05, 0) is 38.8 Å². The highest BCUT2D eigenvalue weighted by Gasteiger charge is 2.38. The van der Waals surface area contributed by atoms with Crippen LogP contribution in [0.1, 0.15) is 49.9 Å². The van der Waals surface area contributed by atoms with Gasteiger partial charge in [0, 0.05) is 51.4 Å². The van der Waals surface area contributed by atoms with Crippen LogP contribution >= 0.6 is 0 Å². The van der Waals surface area contributed by atoms with Crippen molar-refractivity contribution in [2.75, 3.05) is 39.8 Å². The first-order valence-electron chi connectivity index (χ1n) is 11.7. The summed E-state index contributed by atoms with van der Waals surface area (Å²) in [7, 11) is 1.68. The van der Waals surface area contributed by atoms with Gasteiger partial charge in [0.2, 0.25) is 5.91 Å². The van der Waals surface area contributed by atoms with Crippen molar-refractivity contribution in [3.05, 3.63) is 46.2 Å². The molecule has 33 heavy (non-hydrogen) atoms. The minimum Gasteiger partial charge on any atom is -0.463 e. The van der Waals surface area contributed by atoms with Crippen LogP contribution in [-0.2, 0) is 14.3 Å². The Morgan fingerprint density at radius 1 is 1.18 bits per heavy atom. The number of hydrogen-bond donors (Lipinski definition) is 1. The van der Waals surface area contributed by atoms with Crippen molar-refractivity contribution >= 4 is 17.9 Å². The predicted octanol–water partition coefficient (Wildman–Crippen LogP) is 2.76. The van der Waals surface area contributed by atoms with E-state index in [1.54, 1.807) is 14.0 Å². The molecule has 180 valence electrons. The Morgan fingerprint density at radius 2 is 1.91 bits per heavy atom. The van der Waals surface area contributed by atoms with Crippen molar-refractivity contribution in [2.24, 2.45) is 0 Å². The molecule has 0 unspecified atom stereocenters. The zero-order valence-electron chi connectivity index (χ0n) is 20.6. The predicted molar refractivity (Wildman–Crippen MR) is 127 cm³/mol. The van der Waals surface area contributed by atoms with Crippen molar-refractivity contribution in [3.63, 3.8) is 0 Å². The molecule has 0 saturated carbocycles. The van der Waals surface area contributed by atoms with E-state index in [4.69, 9.17) is 4.74 Å². The molecule has 0 radical (unpaired) electrons. The lowest BCUT2D eigenvalue weighted by Gasteiger charge is -2.42. The number of carbonyl (C=O) groups excluding carboxylic acids is 3. The van der Waals surface area contributed by atoms with Crippen LogP contribution in [0.25, 0.3) is 0 Å². The van der Waals surface area contributed by atoms with Gasteiger partial charge in [-0.2, -0.15) is 0 Å². The van der Waals surface area contributed by atoms with Crippen LogP contribution in [0, 0.1) is 13.8 Å². The van der Waals surface area contributed by atoms with Gasteiger partial charge < -0.3 is 15.0 Å². The van der Waals surface area contributed by atoms with E-state index in [-0.39, 0.29) is 24.6 Å². The molecule has 0 bridgehead atoms. The molecule has 8 nitrogen and oxygen atoms in total. The number of rotatable bonds is 6. The Labute approximate surface area is 196 Å². The first-order valence-corrected chi connectivity index (χ1v) is 11.7. The van der Waals surface area contributed by atoms with Crippen molar-refractivity contribution < 1.29 is 19.1 Å². The normalized spacial score (nSPS) is 21.8. The Balaban J connectivity index is 2.00. The maximum atomic E-state index is 13.2. The molecule has 2 aliphatic rings. The Hall–Kier alpha value is -2.87. The second-order valence-electron chi connectivity index (χ2n) is 8.91. The number of benzene rings is 1. The van der Waals surface area contributed by atoms with Gasteiger partial charge in [0.05, 0.1) is 18.2 Å². The first kappa shape index (κ1) is 24.8. The second kappa shape index (κ2) is 10.4. The van der Waals surface area contributed by atoms with Crippen molar-refractivity contribution in [1.82, 2.24) is 20.0 Å². The molecular weight excluding hydrogens is 420 g/mol. The quantitative estimate of drug-likeness (QED) is 0.666. The summed E-state index contributed by atoms with van der Waals surface area (Å²) in [6.45, 7) is 12.3. The van der Waals surface area contributed by atoms with E-state index in [0.717, 1.165) is 16.7 Å². The minimum atomic E-state index is -0.581. The highest BCUT2D eigenvalue weighted by molar-refractivity contribution is 5.95. The summed E-state index contributed by atoms with van der Waals surface area (Å²) in [6, 6.07) is 5.27. The monoisotopic (exact) mass is 456 g/mol. The minimum absolute atomic E-state index is 0.0652. The molecule has 0 aliphatic carbocycles. The molecule has 3 rings (SSSR count). The zero-order valence-corrected chi connectivity index (χ0v) is 20.6. The third kappa shape index (κ3) is 5.21. The van der Waals surface area contributed by atoms with Gasteiger partial charge in [0.25, 0.3) is 0 Å². The number of esters is 1. The van der Waals surface area contributed by atoms with E-state index >= 15 is 0 Å².